The Kier molecular flexibility index (Phi) is 9.36. The molecule has 0 saturated heterocycles. The number of nitrogens with zero attached hydrogens (tertiary/aromatic N) is 2. The molecule has 0 saturated carbocycles. The maximum Gasteiger partial charge on any atom is 0.253 e. The van der Waals surface area contributed by atoms with Gasteiger partial charge >= 0.3 is 0 Å². The van der Waals surface area contributed by atoms with Crippen LogP contribution in [-0.2, 0) is 0 Å². The van der Waals surface area contributed by atoms with E-state index >= 15 is 0 Å². The highest BCUT2D eigenvalue weighted by molar-refractivity contribution is 6.37. The molecule has 46 heavy (non-hydrogen) atoms. The minimum atomic E-state index is -0.189. The standard InChI is InChI=1S/C37H35Cl2N5O2/c1-21-7-3-9-23-19-28-30(38)15-13-26(34(28)43-32(21)23)36(45)41-17-5-11-25(40)12-6-18-42-37(46)27-14-16-31(39)29-20-24-10-4-8-22(2)33(24)44-35(27)29/h3-4,7-10,13-16,19-20,25H,5-6,11-12,17-18,40H2,1-2H3,(H,41,45)(H,42,46). The number of halogens is 2. The first-order valence-electron chi connectivity index (χ1n) is 15.5. The summed E-state index contributed by atoms with van der Waals surface area (Å²) in [6, 6.07) is 22.8. The fourth-order valence-electron chi connectivity index (χ4n) is 5.95. The van der Waals surface area contributed by atoms with Crippen LogP contribution in [0.3, 0.4) is 0 Å². The van der Waals surface area contributed by atoms with Crippen LogP contribution >= 0.6 is 23.2 Å². The number of fused-ring (bicyclic) bond motifs is 4. The van der Waals surface area contributed by atoms with Crippen molar-refractivity contribution < 1.29 is 9.59 Å². The summed E-state index contributed by atoms with van der Waals surface area (Å²) in [6.07, 6.45) is 2.96. The maximum absolute atomic E-state index is 13.1. The monoisotopic (exact) mass is 651 g/mol. The summed E-state index contributed by atoms with van der Waals surface area (Å²) in [5.41, 5.74) is 12.3. The van der Waals surface area contributed by atoms with Crippen LogP contribution in [0.2, 0.25) is 10.0 Å². The first kappa shape index (κ1) is 31.7. The van der Waals surface area contributed by atoms with Gasteiger partial charge in [-0.2, -0.15) is 0 Å². The van der Waals surface area contributed by atoms with Crippen molar-refractivity contribution in [3.63, 3.8) is 0 Å². The Hall–Kier alpha value is -4.30. The lowest BCUT2D eigenvalue weighted by atomic mass is 10.0. The van der Waals surface area contributed by atoms with Gasteiger partial charge in [-0.3, -0.25) is 9.59 Å². The van der Waals surface area contributed by atoms with Gasteiger partial charge in [0.2, 0.25) is 0 Å². The van der Waals surface area contributed by atoms with Crippen LogP contribution in [0.4, 0.5) is 0 Å². The molecule has 0 bridgehead atoms. The topological polar surface area (TPSA) is 110 Å². The van der Waals surface area contributed by atoms with Crippen molar-refractivity contribution >= 4 is 78.6 Å². The highest BCUT2D eigenvalue weighted by Crippen LogP contribution is 2.31. The quantitative estimate of drug-likeness (QED) is 0.102. The lowest BCUT2D eigenvalue weighted by Crippen LogP contribution is -2.29. The van der Waals surface area contributed by atoms with Gasteiger partial charge in [0.15, 0.2) is 0 Å². The van der Waals surface area contributed by atoms with E-state index in [-0.39, 0.29) is 17.9 Å². The van der Waals surface area contributed by atoms with Crippen molar-refractivity contribution in [3.8, 4) is 0 Å². The number of para-hydroxylation sites is 2. The number of rotatable bonds is 10. The molecule has 7 nitrogen and oxygen atoms in total. The van der Waals surface area contributed by atoms with Crippen LogP contribution in [-0.4, -0.2) is 40.9 Å². The molecule has 0 aliphatic heterocycles. The van der Waals surface area contributed by atoms with E-state index in [1.165, 1.54) is 0 Å². The first-order chi connectivity index (χ1) is 22.2. The first-order valence-corrected chi connectivity index (χ1v) is 16.3. The molecule has 0 spiro atoms. The molecule has 2 aromatic heterocycles. The summed E-state index contributed by atoms with van der Waals surface area (Å²) in [6.45, 7) is 4.99. The van der Waals surface area contributed by atoms with Crippen LogP contribution in [0.25, 0.3) is 43.6 Å². The number of hydrogen-bond donors (Lipinski definition) is 3. The molecule has 0 radical (unpaired) electrons. The van der Waals surface area contributed by atoms with Crippen molar-refractivity contribution in [1.82, 2.24) is 20.6 Å². The number of aryl methyl sites for hydroxylation is 2. The van der Waals surface area contributed by atoms with E-state index in [2.05, 4.69) is 10.6 Å². The Labute approximate surface area is 277 Å². The van der Waals surface area contributed by atoms with Gasteiger partial charge in [0.1, 0.15) is 0 Å². The van der Waals surface area contributed by atoms with E-state index in [4.69, 9.17) is 38.9 Å². The molecule has 4 N–H and O–H groups in total. The van der Waals surface area contributed by atoms with E-state index < -0.39 is 0 Å². The third kappa shape index (κ3) is 6.49. The number of benzene rings is 4. The molecule has 234 valence electrons. The van der Waals surface area contributed by atoms with E-state index in [0.717, 1.165) is 69.4 Å². The molecule has 0 aliphatic rings. The number of aromatic nitrogens is 2. The lowest BCUT2D eigenvalue weighted by Gasteiger charge is -2.14. The van der Waals surface area contributed by atoms with Gasteiger partial charge in [-0.1, -0.05) is 59.6 Å². The van der Waals surface area contributed by atoms with E-state index in [1.807, 2.05) is 62.4 Å². The van der Waals surface area contributed by atoms with Crippen LogP contribution in [0.5, 0.6) is 0 Å². The summed E-state index contributed by atoms with van der Waals surface area (Å²) in [4.78, 5) is 35.9. The molecule has 0 aliphatic carbocycles. The molecule has 6 aromatic rings. The third-order valence-corrected chi connectivity index (χ3v) is 9.14. The van der Waals surface area contributed by atoms with Crippen molar-refractivity contribution in [2.75, 3.05) is 13.1 Å². The Morgan fingerprint density at radius 2 is 1.11 bits per heavy atom. The summed E-state index contributed by atoms with van der Waals surface area (Å²) < 4.78 is 0. The smallest absolute Gasteiger partial charge is 0.253 e. The highest BCUT2D eigenvalue weighted by atomic mass is 35.5. The second-order valence-corrected chi connectivity index (χ2v) is 12.6. The Bertz CT molecular complexity index is 1980. The number of pyridine rings is 2. The molecule has 0 atom stereocenters. The van der Waals surface area contributed by atoms with Crippen molar-refractivity contribution in [2.45, 2.75) is 45.6 Å². The van der Waals surface area contributed by atoms with Gasteiger partial charge in [0, 0.05) is 40.7 Å². The SMILES string of the molecule is Cc1cccc2cc3c(Cl)ccc(C(=O)NCCCC(N)CCCNC(=O)c4ccc(Cl)c5cc6cccc(C)c6nc45)c3nc12. The summed E-state index contributed by atoms with van der Waals surface area (Å²) in [5.74, 6) is -0.378. The number of nitrogens with two attached hydrogens (primary N) is 1. The molecule has 2 amide bonds. The predicted octanol–water partition coefficient (Wildman–Crippen LogP) is 8.06. The zero-order chi connectivity index (χ0) is 32.4. The third-order valence-electron chi connectivity index (χ3n) is 8.48. The van der Waals surface area contributed by atoms with Gasteiger partial charge < -0.3 is 16.4 Å². The van der Waals surface area contributed by atoms with Gasteiger partial charge in [0.25, 0.3) is 11.8 Å². The summed E-state index contributed by atoms with van der Waals surface area (Å²) >= 11 is 12.9. The van der Waals surface area contributed by atoms with Crippen molar-refractivity contribution in [1.29, 1.82) is 0 Å². The average Bonchev–Trinajstić information content (AvgIpc) is 3.05. The Morgan fingerprint density at radius 1 is 0.674 bits per heavy atom. The Morgan fingerprint density at radius 3 is 1.54 bits per heavy atom. The number of hydrogen-bond acceptors (Lipinski definition) is 5. The number of carbonyl (C=O) groups is 2. The Balaban J connectivity index is 0.993. The van der Waals surface area contributed by atoms with Crippen molar-refractivity contribution in [2.24, 2.45) is 5.73 Å². The molecule has 6 rings (SSSR count). The molecule has 4 aromatic carbocycles. The van der Waals surface area contributed by atoms with Crippen LogP contribution < -0.4 is 16.4 Å². The molecule has 9 heteroatoms. The fourth-order valence-corrected chi connectivity index (χ4v) is 6.37. The number of carbonyl (C=O) groups excluding carboxylic acids is 2. The molecular weight excluding hydrogens is 617 g/mol. The number of nitrogens with one attached hydrogen (secondary N) is 2. The average molecular weight is 653 g/mol. The summed E-state index contributed by atoms with van der Waals surface area (Å²) in [5, 5.41) is 10.6. The normalized spacial score (nSPS) is 11.6. The van der Waals surface area contributed by atoms with Gasteiger partial charge in [0.05, 0.1) is 43.2 Å². The molecular formula is C37H35Cl2N5O2. The zero-order valence-corrected chi connectivity index (χ0v) is 27.3. The second-order valence-electron chi connectivity index (χ2n) is 11.8. The van der Waals surface area contributed by atoms with E-state index in [9.17, 15) is 9.59 Å². The minimum absolute atomic E-state index is 0.0476. The van der Waals surface area contributed by atoms with Gasteiger partial charge in [-0.25, -0.2) is 9.97 Å². The van der Waals surface area contributed by atoms with Crippen LogP contribution in [0.1, 0.15) is 57.5 Å². The molecule has 2 heterocycles. The fraction of sp³-hybridized carbons (Fsp3) is 0.243. The van der Waals surface area contributed by atoms with Gasteiger partial charge in [-0.05, 0) is 87.1 Å². The van der Waals surface area contributed by atoms with Crippen molar-refractivity contribution in [3.05, 3.63) is 105 Å². The highest BCUT2D eigenvalue weighted by Gasteiger charge is 2.17. The zero-order valence-electron chi connectivity index (χ0n) is 25.8. The predicted molar refractivity (Wildman–Crippen MR) is 189 cm³/mol. The largest absolute Gasteiger partial charge is 0.352 e. The maximum atomic E-state index is 13.1. The number of amides is 2. The lowest BCUT2D eigenvalue weighted by molar-refractivity contribution is 0.0947. The van der Waals surface area contributed by atoms with Gasteiger partial charge in [-0.15, -0.1) is 0 Å². The van der Waals surface area contributed by atoms with Crippen LogP contribution in [0, 0.1) is 13.8 Å². The minimum Gasteiger partial charge on any atom is -0.352 e. The van der Waals surface area contributed by atoms with E-state index in [0.29, 0.717) is 45.3 Å². The van der Waals surface area contributed by atoms with Crippen LogP contribution in [0.15, 0.2) is 72.8 Å². The molecule has 0 fully saturated rings. The molecule has 0 unspecified atom stereocenters. The van der Waals surface area contributed by atoms with E-state index in [1.54, 1.807) is 24.3 Å². The summed E-state index contributed by atoms with van der Waals surface area (Å²) in [7, 11) is 0. The second kappa shape index (κ2) is 13.6.